The van der Waals surface area contributed by atoms with E-state index in [-0.39, 0.29) is 12.5 Å². The quantitative estimate of drug-likeness (QED) is 0.400. The third kappa shape index (κ3) is 6.97. The molecule has 1 atom stereocenters. The van der Waals surface area contributed by atoms with E-state index in [0.717, 1.165) is 21.8 Å². The average molecular weight is 449 g/mol. The summed E-state index contributed by atoms with van der Waals surface area (Å²) >= 11 is 1.38. The highest BCUT2D eigenvalue weighted by molar-refractivity contribution is 7.16. The smallest absolute Gasteiger partial charge is 0.341 e. The molecule has 7 nitrogen and oxygen atoms in total. The number of aryl methyl sites for hydroxylation is 1. The van der Waals surface area contributed by atoms with Crippen LogP contribution in [-0.4, -0.2) is 43.5 Å². The monoisotopic (exact) mass is 448 g/mol. The van der Waals surface area contributed by atoms with Crippen LogP contribution in [0.25, 0.3) is 0 Å². The Balaban J connectivity index is 1.89. The number of carbonyl (C=O) groups is 2. The van der Waals surface area contributed by atoms with Gasteiger partial charge in [-0.25, -0.2) is 4.79 Å². The van der Waals surface area contributed by atoms with Gasteiger partial charge in [0, 0.05) is 16.8 Å². The van der Waals surface area contributed by atoms with Crippen LogP contribution < -0.4 is 15.4 Å². The Kier molecular flexibility index (Phi) is 8.47. The van der Waals surface area contributed by atoms with Gasteiger partial charge in [-0.2, -0.15) is 0 Å². The molecule has 0 aliphatic rings. The normalized spacial score (nSPS) is 12.2. The second-order valence-electron chi connectivity index (χ2n) is 8.42. The van der Waals surface area contributed by atoms with E-state index in [1.165, 1.54) is 11.3 Å². The van der Waals surface area contributed by atoms with Crippen LogP contribution in [0.15, 0.2) is 24.3 Å². The van der Waals surface area contributed by atoms with E-state index in [1.54, 1.807) is 7.11 Å². The van der Waals surface area contributed by atoms with Gasteiger partial charge in [-0.15, -0.1) is 11.3 Å². The van der Waals surface area contributed by atoms with Crippen LogP contribution in [0.5, 0.6) is 5.75 Å². The minimum Gasteiger partial charge on any atom is -0.497 e. The van der Waals surface area contributed by atoms with Crippen molar-refractivity contribution < 1.29 is 24.2 Å². The first kappa shape index (κ1) is 24.7. The Morgan fingerprint density at radius 2 is 1.81 bits per heavy atom. The van der Waals surface area contributed by atoms with Crippen molar-refractivity contribution in [2.75, 3.05) is 25.6 Å². The first-order valence-electron chi connectivity index (χ1n) is 10.1. The molecule has 0 fully saturated rings. The summed E-state index contributed by atoms with van der Waals surface area (Å²) in [5.41, 5.74) is 1.79. The standard InChI is InChI=1S/C23H32N2O5S/c1-14-15(2)31-20(25-22(28)23(3,4)5)19(14)21(27)30-13-18(26)24-12-11-16-7-9-17(29-6)10-8-16/h7-10,22,25,28H,11-13H2,1-6H3,(H,24,26). The molecule has 1 unspecified atom stereocenters. The predicted molar refractivity (Wildman–Crippen MR) is 123 cm³/mol. The summed E-state index contributed by atoms with van der Waals surface area (Å²) < 4.78 is 10.4. The number of thiophene rings is 1. The zero-order valence-corrected chi connectivity index (χ0v) is 19.8. The van der Waals surface area contributed by atoms with Crippen molar-refractivity contribution in [3.8, 4) is 5.75 Å². The largest absolute Gasteiger partial charge is 0.497 e. The van der Waals surface area contributed by atoms with Gasteiger partial charge in [0.05, 0.1) is 12.7 Å². The Morgan fingerprint density at radius 3 is 2.39 bits per heavy atom. The number of esters is 1. The van der Waals surface area contributed by atoms with Crippen LogP contribution in [0.2, 0.25) is 0 Å². The summed E-state index contributed by atoms with van der Waals surface area (Å²) in [5.74, 6) is -0.172. The number of ether oxygens (including phenoxy) is 2. The van der Waals surface area contributed by atoms with Crippen LogP contribution >= 0.6 is 11.3 Å². The van der Waals surface area contributed by atoms with Gasteiger partial charge in [-0.3, -0.25) is 4.79 Å². The van der Waals surface area contributed by atoms with E-state index in [0.29, 0.717) is 23.5 Å². The third-order valence-electron chi connectivity index (χ3n) is 4.91. The number of carbonyl (C=O) groups excluding carboxylic acids is 2. The minimum absolute atomic E-state index is 0.358. The highest BCUT2D eigenvalue weighted by Crippen LogP contribution is 2.35. The van der Waals surface area contributed by atoms with E-state index < -0.39 is 17.6 Å². The number of hydrogen-bond donors (Lipinski definition) is 3. The van der Waals surface area contributed by atoms with Crippen LogP contribution in [0.1, 0.15) is 47.1 Å². The molecule has 2 aromatic rings. The van der Waals surface area contributed by atoms with E-state index >= 15 is 0 Å². The first-order chi connectivity index (χ1) is 14.5. The Morgan fingerprint density at radius 1 is 1.16 bits per heavy atom. The van der Waals surface area contributed by atoms with Gasteiger partial charge in [-0.1, -0.05) is 32.9 Å². The molecule has 3 N–H and O–H groups in total. The van der Waals surface area contributed by atoms with Crippen LogP contribution in [0.4, 0.5) is 5.00 Å². The fourth-order valence-corrected chi connectivity index (χ4v) is 3.78. The second-order valence-corrected chi connectivity index (χ2v) is 9.65. The lowest BCUT2D eigenvalue weighted by Gasteiger charge is -2.27. The molecule has 0 saturated heterocycles. The maximum absolute atomic E-state index is 12.7. The molecule has 31 heavy (non-hydrogen) atoms. The molecule has 2 rings (SSSR count). The van der Waals surface area contributed by atoms with Crippen LogP contribution in [-0.2, 0) is 16.0 Å². The number of aliphatic hydroxyl groups is 1. The summed E-state index contributed by atoms with van der Waals surface area (Å²) in [6, 6.07) is 7.61. The van der Waals surface area contributed by atoms with E-state index in [9.17, 15) is 14.7 Å². The lowest BCUT2D eigenvalue weighted by Crippen LogP contribution is -2.34. The highest BCUT2D eigenvalue weighted by atomic mass is 32.1. The molecule has 1 amide bonds. The van der Waals surface area contributed by atoms with Crippen molar-refractivity contribution in [2.45, 2.75) is 47.3 Å². The Labute approximate surface area is 187 Å². The number of benzene rings is 1. The maximum atomic E-state index is 12.7. The van der Waals surface area contributed by atoms with E-state index in [2.05, 4.69) is 10.6 Å². The molecule has 1 aromatic carbocycles. The fourth-order valence-electron chi connectivity index (χ4n) is 2.71. The molecule has 0 spiro atoms. The minimum atomic E-state index is -0.835. The van der Waals surface area contributed by atoms with Gasteiger partial charge >= 0.3 is 5.97 Å². The van der Waals surface area contributed by atoms with Crippen molar-refractivity contribution >= 4 is 28.2 Å². The summed E-state index contributed by atoms with van der Waals surface area (Å²) in [6.45, 7) is 9.48. The topological polar surface area (TPSA) is 96.9 Å². The van der Waals surface area contributed by atoms with Crippen molar-refractivity contribution in [3.05, 3.63) is 45.8 Å². The molecule has 0 saturated carbocycles. The number of hydrogen-bond acceptors (Lipinski definition) is 7. The van der Waals surface area contributed by atoms with Crippen molar-refractivity contribution in [3.63, 3.8) is 0 Å². The van der Waals surface area contributed by atoms with Crippen LogP contribution in [0.3, 0.4) is 0 Å². The molecule has 0 radical (unpaired) electrons. The zero-order valence-electron chi connectivity index (χ0n) is 19.0. The van der Waals surface area contributed by atoms with Gasteiger partial charge in [-0.05, 0) is 43.5 Å². The number of rotatable bonds is 9. The summed E-state index contributed by atoms with van der Waals surface area (Å²) in [6.07, 6.45) is -0.177. The van der Waals surface area contributed by atoms with E-state index in [1.807, 2.05) is 58.9 Å². The SMILES string of the molecule is COc1ccc(CCNC(=O)COC(=O)c2c(NC(O)C(C)(C)C)sc(C)c2C)cc1. The molecule has 0 aliphatic carbocycles. The summed E-state index contributed by atoms with van der Waals surface area (Å²) in [5, 5.41) is 16.7. The van der Waals surface area contributed by atoms with Gasteiger partial charge in [0.15, 0.2) is 6.61 Å². The number of methoxy groups -OCH3 is 1. The molecule has 1 heterocycles. The lowest BCUT2D eigenvalue weighted by atomic mass is 9.94. The highest BCUT2D eigenvalue weighted by Gasteiger charge is 2.27. The van der Waals surface area contributed by atoms with Crippen molar-refractivity contribution in [1.29, 1.82) is 0 Å². The van der Waals surface area contributed by atoms with Crippen molar-refractivity contribution in [2.24, 2.45) is 5.41 Å². The molecule has 1 aromatic heterocycles. The molecule has 0 aliphatic heterocycles. The average Bonchev–Trinajstić information content (AvgIpc) is 2.99. The first-order valence-corrected chi connectivity index (χ1v) is 11.0. The van der Waals surface area contributed by atoms with Crippen molar-refractivity contribution in [1.82, 2.24) is 5.32 Å². The molecule has 8 heteroatoms. The molecular weight excluding hydrogens is 416 g/mol. The van der Waals surface area contributed by atoms with Gasteiger partial charge in [0.2, 0.25) is 0 Å². The molecular formula is C23H32N2O5S. The van der Waals surface area contributed by atoms with Gasteiger partial charge < -0.3 is 25.2 Å². The Hall–Kier alpha value is -2.58. The van der Waals surface area contributed by atoms with E-state index in [4.69, 9.17) is 9.47 Å². The Bertz CT molecular complexity index is 900. The number of anilines is 1. The number of amides is 1. The second kappa shape index (κ2) is 10.6. The number of aliphatic hydroxyl groups excluding tert-OH is 1. The molecule has 0 bridgehead atoms. The van der Waals surface area contributed by atoms with Gasteiger partial charge in [0.1, 0.15) is 17.0 Å². The lowest BCUT2D eigenvalue weighted by molar-refractivity contribution is -0.124. The molecule has 170 valence electrons. The van der Waals surface area contributed by atoms with Crippen LogP contribution in [0, 0.1) is 19.3 Å². The maximum Gasteiger partial charge on any atom is 0.341 e. The number of nitrogens with one attached hydrogen (secondary N) is 2. The fraction of sp³-hybridized carbons (Fsp3) is 0.478. The zero-order chi connectivity index (χ0) is 23.2. The van der Waals surface area contributed by atoms with Gasteiger partial charge in [0.25, 0.3) is 5.91 Å². The third-order valence-corrected chi connectivity index (χ3v) is 6.05. The summed E-state index contributed by atoms with van der Waals surface area (Å²) in [7, 11) is 1.61. The predicted octanol–water partition coefficient (Wildman–Crippen LogP) is 3.67. The summed E-state index contributed by atoms with van der Waals surface area (Å²) in [4.78, 5) is 25.7.